The van der Waals surface area contributed by atoms with Crippen molar-refractivity contribution in [2.24, 2.45) is 0 Å². The molecule has 3 rings (SSSR count). The number of H-pyrrole nitrogens is 1. The summed E-state index contributed by atoms with van der Waals surface area (Å²) in [6.45, 7) is 2.06. The molecule has 0 saturated heterocycles. The highest BCUT2D eigenvalue weighted by molar-refractivity contribution is 7.99. The Balaban J connectivity index is 1.44. The molecule has 0 unspecified atom stereocenters. The first-order chi connectivity index (χ1) is 13.0. The Hall–Kier alpha value is -2.43. The lowest BCUT2D eigenvalue weighted by atomic mass is 10.2. The van der Waals surface area contributed by atoms with Gasteiger partial charge < -0.3 is 10.6 Å². The lowest BCUT2D eigenvalue weighted by molar-refractivity contribution is -0.113. The van der Waals surface area contributed by atoms with Crippen molar-refractivity contribution < 1.29 is 9.59 Å². The van der Waals surface area contributed by atoms with E-state index in [1.807, 2.05) is 12.3 Å². The van der Waals surface area contributed by atoms with Crippen molar-refractivity contribution in [3.8, 4) is 0 Å². The number of nitrogens with one attached hydrogen (secondary N) is 3. The molecule has 27 heavy (non-hydrogen) atoms. The number of hydrogen-bond donors (Lipinski definition) is 3. The van der Waals surface area contributed by atoms with Gasteiger partial charge in [0.05, 0.1) is 18.0 Å². The maximum absolute atomic E-state index is 12.0. The molecule has 3 aromatic rings. The first-order valence-electron chi connectivity index (χ1n) is 7.79. The predicted molar refractivity (Wildman–Crippen MR) is 105 cm³/mol. The number of aromatic amines is 1. The van der Waals surface area contributed by atoms with E-state index in [0.29, 0.717) is 26.7 Å². The fourth-order valence-corrected chi connectivity index (χ4v) is 3.43. The van der Waals surface area contributed by atoms with Crippen molar-refractivity contribution in [1.82, 2.24) is 25.5 Å². The number of anilines is 1. The van der Waals surface area contributed by atoms with E-state index in [-0.39, 0.29) is 24.1 Å². The fraction of sp³-hybridized carbons (Fsp3) is 0.188. The second-order valence-corrected chi connectivity index (χ2v) is 7.62. The van der Waals surface area contributed by atoms with Crippen LogP contribution in [0.5, 0.6) is 0 Å². The molecule has 0 radical (unpaired) electrons. The van der Waals surface area contributed by atoms with Crippen molar-refractivity contribution >= 4 is 51.6 Å². The number of carbonyl (C=O) groups excluding carboxylic acids is 2. The topological polar surface area (TPSA) is 113 Å². The number of carbonyl (C=O) groups is 2. The van der Waals surface area contributed by atoms with Crippen LogP contribution in [-0.2, 0) is 11.3 Å². The highest BCUT2D eigenvalue weighted by Gasteiger charge is 2.11. The zero-order valence-corrected chi connectivity index (χ0v) is 16.5. The molecule has 11 heteroatoms. The summed E-state index contributed by atoms with van der Waals surface area (Å²) in [4.78, 5) is 32.4. The summed E-state index contributed by atoms with van der Waals surface area (Å²) in [5.41, 5.74) is 1.37. The molecule has 0 atom stereocenters. The molecule has 0 spiro atoms. The van der Waals surface area contributed by atoms with Crippen molar-refractivity contribution in [3.63, 3.8) is 0 Å². The second kappa shape index (κ2) is 8.98. The van der Waals surface area contributed by atoms with Crippen molar-refractivity contribution in [3.05, 3.63) is 51.7 Å². The third kappa shape index (κ3) is 5.78. The molecule has 2 amide bonds. The summed E-state index contributed by atoms with van der Waals surface area (Å²) in [6.07, 6.45) is 0. The molecule has 8 nitrogen and oxygen atoms in total. The summed E-state index contributed by atoms with van der Waals surface area (Å²) in [7, 11) is 0. The van der Waals surface area contributed by atoms with Gasteiger partial charge in [0.2, 0.25) is 11.1 Å². The standard InChI is InChI=1S/C16H15ClN6O2S2/c1-9-7-26-15(19-9)21-13(24)8-27-16-20-12(22-23-16)6-18-14(25)10-2-4-11(17)5-3-10/h2-5,7H,6,8H2,1H3,(H,18,25)(H,19,21,24)(H,20,22,23). The van der Waals surface area contributed by atoms with Gasteiger partial charge in [-0.3, -0.25) is 14.7 Å². The first kappa shape index (κ1) is 19.3. The fourth-order valence-electron chi connectivity index (χ4n) is 1.99. The van der Waals surface area contributed by atoms with Crippen molar-refractivity contribution in [2.75, 3.05) is 11.1 Å². The molecule has 0 fully saturated rings. The molecule has 0 bridgehead atoms. The number of thioether (sulfide) groups is 1. The number of aryl methyl sites for hydroxylation is 1. The monoisotopic (exact) mass is 422 g/mol. The van der Waals surface area contributed by atoms with Crippen LogP contribution in [0.3, 0.4) is 0 Å². The van der Waals surface area contributed by atoms with Gasteiger partial charge in [-0.2, -0.15) is 0 Å². The van der Waals surface area contributed by atoms with Gasteiger partial charge >= 0.3 is 0 Å². The number of nitrogens with zero attached hydrogens (tertiary/aromatic N) is 3. The SMILES string of the molecule is Cc1csc(NC(=O)CSc2n[nH]c(CNC(=O)c3ccc(Cl)cc3)n2)n1. The lowest BCUT2D eigenvalue weighted by Gasteiger charge is -2.02. The van der Waals surface area contributed by atoms with E-state index >= 15 is 0 Å². The zero-order valence-electron chi connectivity index (χ0n) is 14.2. The number of rotatable bonds is 7. The van der Waals surface area contributed by atoms with Crippen LogP contribution in [-0.4, -0.2) is 37.7 Å². The van der Waals surface area contributed by atoms with Gasteiger partial charge in [-0.15, -0.1) is 16.4 Å². The lowest BCUT2D eigenvalue weighted by Crippen LogP contribution is -2.23. The summed E-state index contributed by atoms with van der Waals surface area (Å²) in [5, 5.41) is 15.6. The van der Waals surface area contributed by atoms with E-state index < -0.39 is 0 Å². The molecule has 0 aliphatic rings. The molecular formula is C16H15ClN6O2S2. The molecule has 2 aromatic heterocycles. The summed E-state index contributed by atoms with van der Waals surface area (Å²) in [6, 6.07) is 6.58. The summed E-state index contributed by atoms with van der Waals surface area (Å²) in [5.74, 6) is 0.232. The smallest absolute Gasteiger partial charge is 0.251 e. The van der Waals surface area contributed by atoms with Crippen molar-refractivity contribution in [1.29, 1.82) is 0 Å². The average molecular weight is 423 g/mol. The summed E-state index contributed by atoms with van der Waals surface area (Å²) < 4.78 is 0. The normalized spacial score (nSPS) is 10.6. The first-order valence-corrected chi connectivity index (χ1v) is 10.0. The van der Waals surface area contributed by atoms with E-state index in [4.69, 9.17) is 11.6 Å². The van der Waals surface area contributed by atoms with Gasteiger partial charge in [-0.25, -0.2) is 9.97 Å². The molecule has 0 aliphatic heterocycles. The van der Waals surface area contributed by atoms with Gasteiger partial charge in [0, 0.05) is 16.0 Å². The van der Waals surface area contributed by atoms with E-state index in [1.54, 1.807) is 24.3 Å². The van der Waals surface area contributed by atoms with E-state index in [2.05, 4.69) is 30.8 Å². The van der Waals surface area contributed by atoms with Crippen molar-refractivity contribution in [2.45, 2.75) is 18.6 Å². The van der Waals surface area contributed by atoms with Gasteiger partial charge in [-0.1, -0.05) is 23.4 Å². The van der Waals surface area contributed by atoms with Crippen LogP contribution in [0.2, 0.25) is 5.02 Å². The molecule has 2 heterocycles. The highest BCUT2D eigenvalue weighted by Crippen LogP contribution is 2.17. The van der Waals surface area contributed by atoms with Crippen LogP contribution in [0.25, 0.3) is 0 Å². The van der Waals surface area contributed by atoms with E-state index in [9.17, 15) is 9.59 Å². The van der Waals surface area contributed by atoms with Crippen LogP contribution in [0, 0.1) is 6.92 Å². The largest absolute Gasteiger partial charge is 0.345 e. The maximum atomic E-state index is 12.0. The van der Waals surface area contributed by atoms with Crippen LogP contribution >= 0.6 is 34.7 Å². The molecule has 3 N–H and O–H groups in total. The van der Waals surface area contributed by atoms with Crippen LogP contribution in [0.15, 0.2) is 34.8 Å². The molecule has 140 valence electrons. The Labute approximate surface area is 168 Å². The Kier molecular flexibility index (Phi) is 6.43. The van der Waals surface area contributed by atoms with Gasteiger partial charge in [0.15, 0.2) is 5.13 Å². The third-order valence-corrected chi connectivity index (χ3v) is 5.21. The van der Waals surface area contributed by atoms with Gasteiger partial charge in [0.25, 0.3) is 5.91 Å². The molecule has 0 saturated carbocycles. The van der Waals surface area contributed by atoms with E-state index in [0.717, 1.165) is 5.69 Å². The molecule has 0 aliphatic carbocycles. The van der Waals surface area contributed by atoms with E-state index in [1.165, 1.54) is 23.1 Å². The minimum atomic E-state index is -0.240. The number of amides is 2. The predicted octanol–water partition coefficient (Wildman–Crippen LogP) is 2.88. The summed E-state index contributed by atoms with van der Waals surface area (Å²) >= 11 is 8.37. The number of hydrogen-bond acceptors (Lipinski definition) is 7. The zero-order chi connectivity index (χ0) is 19.2. The minimum Gasteiger partial charge on any atom is -0.345 e. The van der Waals surface area contributed by atoms with Crippen LogP contribution in [0.4, 0.5) is 5.13 Å². The Morgan fingerprint density at radius 1 is 1.26 bits per heavy atom. The number of benzene rings is 1. The second-order valence-electron chi connectivity index (χ2n) is 5.39. The molecular weight excluding hydrogens is 408 g/mol. The Morgan fingerprint density at radius 3 is 2.74 bits per heavy atom. The highest BCUT2D eigenvalue weighted by atomic mass is 35.5. The van der Waals surface area contributed by atoms with Gasteiger partial charge in [0.1, 0.15) is 5.82 Å². The maximum Gasteiger partial charge on any atom is 0.251 e. The average Bonchev–Trinajstić information content (AvgIpc) is 3.27. The van der Waals surface area contributed by atoms with Crippen LogP contribution in [0.1, 0.15) is 21.9 Å². The Bertz CT molecular complexity index is 941. The Morgan fingerprint density at radius 2 is 2.04 bits per heavy atom. The van der Waals surface area contributed by atoms with Crippen LogP contribution < -0.4 is 10.6 Å². The minimum absolute atomic E-state index is 0.160. The number of thiazole rings is 1. The molecule has 1 aromatic carbocycles. The number of aromatic nitrogens is 4. The quantitative estimate of drug-likeness (QED) is 0.504. The van der Waals surface area contributed by atoms with Gasteiger partial charge in [-0.05, 0) is 31.2 Å². The number of halogens is 1. The third-order valence-electron chi connectivity index (χ3n) is 3.23.